The summed E-state index contributed by atoms with van der Waals surface area (Å²) in [5, 5.41) is 12.2. The molecule has 1 aliphatic heterocycles. The molecule has 23 heavy (non-hydrogen) atoms. The van der Waals surface area contributed by atoms with Gasteiger partial charge in [0.2, 0.25) is 0 Å². The normalized spacial score (nSPS) is 14.7. The van der Waals surface area contributed by atoms with Crippen LogP contribution in [0.5, 0.6) is 0 Å². The Bertz CT molecular complexity index is 685. The Balaban J connectivity index is 2.36. The number of hydrogen-bond acceptors (Lipinski definition) is 4. The number of aromatic carboxylic acids is 1. The SMILES string of the molecule is CC1=C(C(=O)Nc2cc(C(=O)O)c(Cl)c(C(C)C)c2)SCCO1. The minimum absolute atomic E-state index is 0.0218. The average molecular weight is 356 g/mol. The highest BCUT2D eigenvalue weighted by Gasteiger charge is 2.21. The molecular weight excluding hydrogens is 338 g/mol. The van der Waals surface area contributed by atoms with Crippen LogP contribution in [0.4, 0.5) is 5.69 Å². The number of carbonyl (C=O) groups excluding carboxylic acids is 1. The van der Waals surface area contributed by atoms with Gasteiger partial charge >= 0.3 is 5.97 Å². The zero-order valence-electron chi connectivity index (χ0n) is 13.1. The first-order valence-electron chi connectivity index (χ1n) is 7.15. The Hall–Kier alpha value is -1.66. The quantitative estimate of drug-likeness (QED) is 0.850. The van der Waals surface area contributed by atoms with Gasteiger partial charge in [-0.05, 0) is 30.5 Å². The van der Waals surface area contributed by atoms with Crippen molar-refractivity contribution in [3.8, 4) is 0 Å². The molecule has 1 aromatic carbocycles. The number of anilines is 1. The fraction of sp³-hybridized carbons (Fsp3) is 0.375. The molecule has 0 saturated carbocycles. The number of allylic oxidation sites excluding steroid dienone is 1. The Morgan fingerprint density at radius 1 is 1.39 bits per heavy atom. The number of carbonyl (C=O) groups is 2. The summed E-state index contributed by atoms with van der Waals surface area (Å²) in [5.41, 5.74) is 1.07. The fourth-order valence-electron chi connectivity index (χ4n) is 2.21. The molecule has 0 bridgehead atoms. The van der Waals surface area contributed by atoms with Crippen molar-refractivity contribution in [3.05, 3.63) is 38.9 Å². The number of carboxylic acid groups (broad SMARTS) is 1. The van der Waals surface area contributed by atoms with Gasteiger partial charge in [0.25, 0.3) is 5.91 Å². The summed E-state index contributed by atoms with van der Waals surface area (Å²) in [6, 6.07) is 3.08. The van der Waals surface area contributed by atoms with E-state index >= 15 is 0 Å². The second-order valence-electron chi connectivity index (χ2n) is 5.42. The van der Waals surface area contributed by atoms with Gasteiger partial charge in [0.15, 0.2) is 0 Å². The third kappa shape index (κ3) is 4.00. The topological polar surface area (TPSA) is 75.6 Å². The standard InChI is InChI=1S/C16H18ClNO4S/c1-8(2)11-6-10(7-12(13(11)17)16(20)21)18-15(19)14-9(3)22-4-5-23-14/h6-8H,4-5H2,1-3H3,(H,18,19)(H,20,21). The van der Waals surface area contributed by atoms with Crippen LogP contribution in [-0.4, -0.2) is 29.3 Å². The van der Waals surface area contributed by atoms with E-state index in [1.54, 1.807) is 13.0 Å². The highest BCUT2D eigenvalue weighted by atomic mass is 35.5. The van der Waals surface area contributed by atoms with Gasteiger partial charge in [0, 0.05) is 11.4 Å². The summed E-state index contributed by atoms with van der Waals surface area (Å²) in [6.45, 7) is 6.14. The van der Waals surface area contributed by atoms with E-state index in [1.807, 2.05) is 13.8 Å². The van der Waals surface area contributed by atoms with Crippen LogP contribution >= 0.6 is 23.4 Å². The van der Waals surface area contributed by atoms with Crippen molar-refractivity contribution in [1.82, 2.24) is 0 Å². The first-order chi connectivity index (χ1) is 10.8. The van der Waals surface area contributed by atoms with Crippen LogP contribution in [0.2, 0.25) is 5.02 Å². The summed E-state index contributed by atoms with van der Waals surface area (Å²) in [5.74, 6) is -0.112. The maximum Gasteiger partial charge on any atom is 0.337 e. The Kier molecular flexibility index (Phi) is 5.59. The van der Waals surface area contributed by atoms with Crippen LogP contribution in [0.15, 0.2) is 22.8 Å². The van der Waals surface area contributed by atoms with Gasteiger partial charge in [0.1, 0.15) is 10.7 Å². The van der Waals surface area contributed by atoms with Crippen molar-refractivity contribution >= 4 is 40.9 Å². The molecule has 0 spiro atoms. The van der Waals surface area contributed by atoms with Crippen molar-refractivity contribution < 1.29 is 19.4 Å². The van der Waals surface area contributed by atoms with Gasteiger partial charge in [-0.1, -0.05) is 25.4 Å². The smallest absolute Gasteiger partial charge is 0.337 e. The second kappa shape index (κ2) is 7.27. The van der Waals surface area contributed by atoms with Gasteiger partial charge in [0.05, 0.1) is 17.2 Å². The van der Waals surface area contributed by atoms with Crippen molar-refractivity contribution in [1.29, 1.82) is 0 Å². The van der Waals surface area contributed by atoms with Crippen LogP contribution in [0, 0.1) is 0 Å². The lowest BCUT2D eigenvalue weighted by molar-refractivity contribution is -0.112. The van der Waals surface area contributed by atoms with Gasteiger partial charge in [-0.15, -0.1) is 11.8 Å². The number of ether oxygens (including phenoxy) is 1. The molecule has 1 amide bonds. The maximum atomic E-state index is 12.4. The highest BCUT2D eigenvalue weighted by Crippen LogP contribution is 2.32. The molecule has 0 aliphatic carbocycles. The van der Waals surface area contributed by atoms with E-state index in [1.165, 1.54) is 17.8 Å². The molecule has 0 radical (unpaired) electrons. The van der Waals surface area contributed by atoms with E-state index in [0.717, 1.165) is 0 Å². The molecule has 1 aromatic rings. The van der Waals surface area contributed by atoms with E-state index in [2.05, 4.69) is 5.32 Å². The van der Waals surface area contributed by atoms with E-state index in [-0.39, 0.29) is 22.4 Å². The zero-order valence-corrected chi connectivity index (χ0v) is 14.7. The molecule has 2 N–H and O–H groups in total. The highest BCUT2D eigenvalue weighted by molar-refractivity contribution is 8.04. The predicted octanol–water partition coefficient (Wildman–Crippen LogP) is 4.10. The van der Waals surface area contributed by atoms with Gasteiger partial charge in [-0.3, -0.25) is 4.79 Å². The summed E-state index contributed by atoms with van der Waals surface area (Å²) >= 11 is 7.58. The van der Waals surface area contributed by atoms with Crippen molar-refractivity contribution in [2.24, 2.45) is 0 Å². The van der Waals surface area contributed by atoms with Crippen molar-refractivity contribution in [3.63, 3.8) is 0 Å². The number of benzene rings is 1. The number of rotatable bonds is 4. The van der Waals surface area contributed by atoms with Crippen LogP contribution < -0.4 is 5.32 Å². The van der Waals surface area contributed by atoms with E-state index < -0.39 is 5.97 Å². The predicted molar refractivity (Wildman–Crippen MR) is 92.2 cm³/mol. The number of carboxylic acids is 1. The van der Waals surface area contributed by atoms with Crippen molar-refractivity contribution in [2.75, 3.05) is 17.7 Å². The molecule has 0 atom stereocenters. The van der Waals surface area contributed by atoms with E-state index in [0.29, 0.717) is 34.3 Å². The molecule has 0 unspecified atom stereocenters. The number of halogens is 1. The molecule has 7 heteroatoms. The Morgan fingerprint density at radius 2 is 2.09 bits per heavy atom. The molecule has 0 fully saturated rings. The summed E-state index contributed by atoms with van der Waals surface area (Å²) in [6.07, 6.45) is 0. The minimum atomic E-state index is -1.13. The molecule has 124 valence electrons. The lowest BCUT2D eigenvalue weighted by Gasteiger charge is -2.19. The number of nitrogens with one attached hydrogen (secondary N) is 1. The number of amides is 1. The van der Waals surface area contributed by atoms with E-state index in [4.69, 9.17) is 16.3 Å². The monoisotopic (exact) mass is 355 g/mol. The van der Waals surface area contributed by atoms with Crippen LogP contribution in [0.1, 0.15) is 42.6 Å². The molecule has 0 aromatic heterocycles. The number of thioether (sulfide) groups is 1. The molecule has 5 nitrogen and oxygen atoms in total. The van der Waals surface area contributed by atoms with Crippen LogP contribution in [-0.2, 0) is 9.53 Å². The summed E-state index contributed by atoms with van der Waals surface area (Å²) in [7, 11) is 0. The van der Waals surface area contributed by atoms with Crippen LogP contribution in [0.25, 0.3) is 0 Å². The first-order valence-corrected chi connectivity index (χ1v) is 8.52. The number of hydrogen-bond donors (Lipinski definition) is 2. The lowest BCUT2D eigenvalue weighted by Crippen LogP contribution is -2.19. The third-order valence-electron chi connectivity index (χ3n) is 3.39. The zero-order chi connectivity index (χ0) is 17.1. The van der Waals surface area contributed by atoms with Gasteiger partial charge in [-0.2, -0.15) is 0 Å². The van der Waals surface area contributed by atoms with E-state index in [9.17, 15) is 14.7 Å². The van der Waals surface area contributed by atoms with Crippen molar-refractivity contribution in [2.45, 2.75) is 26.7 Å². The summed E-state index contributed by atoms with van der Waals surface area (Å²) < 4.78 is 5.38. The molecule has 1 heterocycles. The Labute approximate surface area is 144 Å². The van der Waals surface area contributed by atoms with Gasteiger partial charge < -0.3 is 15.2 Å². The third-order valence-corrected chi connectivity index (χ3v) is 4.94. The molecule has 2 rings (SSSR count). The molecule has 0 saturated heterocycles. The average Bonchev–Trinajstić information content (AvgIpc) is 2.48. The molecule has 1 aliphatic rings. The maximum absolute atomic E-state index is 12.4. The first kappa shape index (κ1) is 17.7. The lowest BCUT2D eigenvalue weighted by atomic mass is 9.99. The minimum Gasteiger partial charge on any atom is -0.496 e. The molecular formula is C16H18ClNO4S. The Morgan fingerprint density at radius 3 is 2.65 bits per heavy atom. The summed E-state index contributed by atoms with van der Waals surface area (Å²) in [4.78, 5) is 24.2. The van der Waals surface area contributed by atoms with Gasteiger partial charge in [-0.25, -0.2) is 4.79 Å². The second-order valence-corrected chi connectivity index (χ2v) is 6.91. The largest absolute Gasteiger partial charge is 0.496 e. The fourth-order valence-corrected chi connectivity index (χ4v) is 3.44. The van der Waals surface area contributed by atoms with Crippen LogP contribution in [0.3, 0.4) is 0 Å².